The lowest BCUT2D eigenvalue weighted by Gasteiger charge is -2.42. The van der Waals surface area contributed by atoms with E-state index in [1.54, 1.807) is 24.0 Å². The molecule has 0 heterocycles. The summed E-state index contributed by atoms with van der Waals surface area (Å²) in [6, 6.07) is 11.6. The summed E-state index contributed by atoms with van der Waals surface area (Å²) < 4.78 is 28.7. The van der Waals surface area contributed by atoms with Crippen LogP contribution in [0.3, 0.4) is 0 Å². The van der Waals surface area contributed by atoms with Gasteiger partial charge in [0.15, 0.2) is 0 Å². The van der Waals surface area contributed by atoms with E-state index in [0.29, 0.717) is 36.2 Å². The number of halogens is 2. The Balaban J connectivity index is 1.99. The quantitative estimate of drug-likeness (QED) is 0.212. The van der Waals surface area contributed by atoms with Gasteiger partial charge in [-0.25, -0.2) is 8.78 Å². The van der Waals surface area contributed by atoms with Gasteiger partial charge in [-0.15, -0.1) is 0 Å². The van der Waals surface area contributed by atoms with E-state index in [-0.39, 0.29) is 25.3 Å². The Morgan fingerprint density at radius 1 is 1.02 bits per heavy atom. The fraction of sp³-hybridized carbons (Fsp3) is 0.514. The van der Waals surface area contributed by atoms with Gasteiger partial charge in [0.1, 0.15) is 11.6 Å². The van der Waals surface area contributed by atoms with E-state index in [1.165, 1.54) is 17.7 Å². The van der Waals surface area contributed by atoms with Gasteiger partial charge in [-0.3, -0.25) is 9.59 Å². The summed E-state index contributed by atoms with van der Waals surface area (Å²) in [5, 5.41) is 15.3. The number of aliphatic hydroxyl groups excluding tert-OH is 1. The zero-order chi connectivity index (χ0) is 33.4. The van der Waals surface area contributed by atoms with Crippen LogP contribution >= 0.6 is 0 Å². The minimum atomic E-state index is -1.47. The molecule has 0 aromatic heterocycles. The first-order valence-electron chi connectivity index (χ1n) is 16.2. The Labute approximate surface area is 267 Å². The van der Waals surface area contributed by atoms with Gasteiger partial charge in [0, 0.05) is 42.7 Å². The second kappa shape index (κ2) is 15.8. The minimum Gasteiger partial charge on any atom is -0.391 e. The van der Waals surface area contributed by atoms with E-state index in [2.05, 4.69) is 30.4 Å². The molecular formula is C37H51F2N3O3. The number of carbonyl (C=O) groups is 2. The van der Waals surface area contributed by atoms with Crippen LogP contribution in [-0.4, -0.2) is 53.1 Å². The summed E-state index contributed by atoms with van der Waals surface area (Å²) >= 11 is 0. The average molecular weight is 624 g/mol. The number of carbonyl (C=O) groups excluding carboxylic acids is 2. The largest absolute Gasteiger partial charge is 0.391 e. The normalized spacial score (nSPS) is 18.2. The van der Waals surface area contributed by atoms with Gasteiger partial charge in [0.2, 0.25) is 11.8 Å². The highest BCUT2D eigenvalue weighted by molar-refractivity contribution is 5.97. The molecule has 0 radical (unpaired) electrons. The van der Waals surface area contributed by atoms with Crippen molar-refractivity contribution in [3.63, 3.8) is 0 Å². The number of primary amides is 1. The van der Waals surface area contributed by atoms with Gasteiger partial charge in [-0.1, -0.05) is 62.8 Å². The summed E-state index contributed by atoms with van der Waals surface area (Å²) in [4.78, 5) is 29.1. The van der Waals surface area contributed by atoms with Crippen molar-refractivity contribution in [3.8, 4) is 0 Å². The molecule has 246 valence electrons. The highest BCUT2D eigenvalue weighted by atomic mass is 19.1. The molecule has 1 aliphatic rings. The zero-order valence-electron chi connectivity index (χ0n) is 27.8. The topological polar surface area (TPSA) is 95.7 Å². The second-order valence-corrected chi connectivity index (χ2v) is 13.2. The Hall–Kier alpha value is -3.36. The first-order chi connectivity index (χ1) is 21.2. The molecule has 0 spiro atoms. The van der Waals surface area contributed by atoms with Gasteiger partial charge < -0.3 is 21.1 Å². The lowest BCUT2D eigenvalue weighted by atomic mass is 9.63. The first kappa shape index (κ1) is 36.1. The fourth-order valence-corrected chi connectivity index (χ4v) is 6.61. The number of amides is 2. The van der Waals surface area contributed by atoms with Crippen molar-refractivity contribution in [3.05, 3.63) is 94.1 Å². The molecule has 2 aromatic rings. The van der Waals surface area contributed by atoms with Crippen LogP contribution in [0.2, 0.25) is 0 Å². The molecular weight excluding hydrogens is 572 g/mol. The molecule has 4 N–H and O–H groups in total. The standard InChI is InChI=1S/C37H51F2N3O3/c1-7-13-42(14-8-2)34(44)29-15-25(4)21-37(23-29,35(40)45)32(19-28-17-30(38)20-31(39)18-28)33(43)24-41-36(5,6)22-27-12-10-11-26(9-3)16-27/h10-12,15-18,20-21,32-33,41,43H,7-9,13-14,19,22-24H2,1-6H3,(H2,40,45)/t32-,33+,37?/m1/s1. The number of hydrogen-bond acceptors (Lipinski definition) is 4. The lowest BCUT2D eigenvalue weighted by Crippen LogP contribution is -2.54. The highest BCUT2D eigenvalue weighted by Gasteiger charge is 2.48. The van der Waals surface area contributed by atoms with Crippen LogP contribution in [0.1, 0.15) is 77.5 Å². The molecule has 0 fully saturated rings. The molecule has 0 saturated heterocycles. The van der Waals surface area contributed by atoms with E-state index in [1.807, 2.05) is 33.8 Å². The zero-order valence-corrected chi connectivity index (χ0v) is 27.8. The van der Waals surface area contributed by atoms with Crippen LogP contribution in [0.15, 0.2) is 65.8 Å². The van der Waals surface area contributed by atoms with E-state index >= 15 is 0 Å². The monoisotopic (exact) mass is 623 g/mol. The Morgan fingerprint density at radius 2 is 1.64 bits per heavy atom. The van der Waals surface area contributed by atoms with E-state index in [9.17, 15) is 23.5 Å². The summed E-state index contributed by atoms with van der Waals surface area (Å²) in [7, 11) is 0. The molecule has 0 aliphatic heterocycles. The molecule has 2 amide bonds. The number of aryl methyl sites for hydroxylation is 1. The third kappa shape index (κ3) is 9.57. The second-order valence-electron chi connectivity index (χ2n) is 13.2. The molecule has 0 saturated carbocycles. The van der Waals surface area contributed by atoms with Crippen molar-refractivity contribution in [2.24, 2.45) is 17.1 Å². The molecule has 3 atom stereocenters. The van der Waals surface area contributed by atoms with Crippen molar-refractivity contribution in [1.29, 1.82) is 0 Å². The van der Waals surface area contributed by atoms with Gasteiger partial charge in [-0.2, -0.15) is 0 Å². The molecule has 8 heteroatoms. The van der Waals surface area contributed by atoms with E-state index < -0.39 is 40.5 Å². The first-order valence-corrected chi connectivity index (χ1v) is 16.2. The number of aliphatic hydroxyl groups is 1. The molecule has 2 aromatic carbocycles. The number of rotatable bonds is 16. The number of β-amino-alcohol motifs (C(OH)–C–C–N with tert-alkyl or cyclic N) is 1. The number of nitrogens with one attached hydrogen (secondary N) is 1. The van der Waals surface area contributed by atoms with Crippen molar-refractivity contribution >= 4 is 11.8 Å². The number of allylic oxidation sites excluding steroid dienone is 2. The number of hydrogen-bond donors (Lipinski definition) is 3. The van der Waals surface area contributed by atoms with Crippen LogP contribution in [0, 0.1) is 23.0 Å². The van der Waals surface area contributed by atoms with Gasteiger partial charge in [0.05, 0.1) is 11.5 Å². The van der Waals surface area contributed by atoms with Crippen molar-refractivity contribution < 1.29 is 23.5 Å². The van der Waals surface area contributed by atoms with Crippen molar-refractivity contribution in [2.45, 2.75) is 91.7 Å². The maximum absolute atomic E-state index is 14.3. The predicted molar refractivity (Wildman–Crippen MR) is 176 cm³/mol. The van der Waals surface area contributed by atoms with E-state index in [4.69, 9.17) is 5.73 Å². The van der Waals surface area contributed by atoms with Crippen LogP contribution in [0.5, 0.6) is 0 Å². The molecule has 6 nitrogen and oxygen atoms in total. The average Bonchev–Trinajstić information content (AvgIpc) is 2.97. The molecule has 0 bridgehead atoms. The van der Waals surface area contributed by atoms with Crippen LogP contribution in [-0.2, 0) is 28.9 Å². The molecule has 1 aliphatic carbocycles. The van der Waals surface area contributed by atoms with Crippen LogP contribution < -0.4 is 11.1 Å². The minimum absolute atomic E-state index is 0.0187. The van der Waals surface area contributed by atoms with Gasteiger partial charge in [-0.05, 0) is 88.1 Å². The summed E-state index contributed by atoms with van der Waals surface area (Å²) in [6.07, 6.45) is 5.49. The van der Waals surface area contributed by atoms with E-state index in [0.717, 1.165) is 30.9 Å². The highest BCUT2D eigenvalue weighted by Crippen LogP contribution is 2.44. The number of benzene rings is 2. The Kier molecular flexibility index (Phi) is 12.7. The maximum atomic E-state index is 14.3. The van der Waals surface area contributed by atoms with Crippen LogP contribution in [0.25, 0.3) is 0 Å². The maximum Gasteiger partial charge on any atom is 0.249 e. The molecule has 3 rings (SSSR count). The summed E-state index contributed by atoms with van der Waals surface area (Å²) in [5.74, 6) is -3.26. The van der Waals surface area contributed by atoms with Crippen molar-refractivity contribution in [1.82, 2.24) is 10.2 Å². The summed E-state index contributed by atoms with van der Waals surface area (Å²) in [6.45, 7) is 13.2. The number of nitrogens with two attached hydrogens (primary N) is 1. The third-order valence-electron chi connectivity index (χ3n) is 8.72. The van der Waals surface area contributed by atoms with Crippen molar-refractivity contribution in [2.75, 3.05) is 19.6 Å². The predicted octanol–water partition coefficient (Wildman–Crippen LogP) is 6.05. The Morgan fingerprint density at radius 3 is 2.22 bits per heavy atom. The molecule has 45 heavy (non-hydrogen) atoms. The summed E-state index contributed by atoms with van der Waals surface area (Å²) in [5.41, 5.74) is 8.06. The lowest BCUT2D eigenvalue weighted by molar-refractivity contribution is -0.132. The SMILES string of the molecule is CCCN(CCC)C(=O)C1=CC(C)=CC(C(N)=O)([C@H](Cc2cc(F)cc(F)c2)[C@@H](O)CNC(C)(C)Cc2cccc(CC)c2)C1. The smallest absolute Gasteiger partial charge is 0.249 e. The van der Waals surface area contributed by atoms with Crippen LogP contribution in [0.4, 0.5) is 8.78 Å². The van der Waals surface area contributed by atoms with Gasteiger partial charge in [0.25, 0.3) is 0 Å². The third-order valence-corrected chi connectivity index (χ3v) is 8.72. The fourth-order valence-electron chi connectivity index (χ4n) is 6.61. The Bertz CT molecular complexity index is 1380. The van der Waals surface area contributed by atoms with Gasteiger partial charge >= 0.3 is 0 Å². The molecule has 1 unspecified atom stereocenters. The number of nitrogens with zero attached hydrogens (tertiary/aromatic N) is 1.